The van der Waals surface area contributed by atoms with Gasteiger partial charge in [0.1, 0.15) is 11.5 Å². The number of hydrogen-bond donors (Lipinski definition) is 2. The van der Waals surface area contributed by atoms with Crippen molar-refractivity contribution in [1.82, 2.24) is 19.6 Å². The van der Waals surface area contributed by atoms with E-state index in [2.05, 4.69) is 10.3 Å². The molecule has 4 rings (SSSR count). The highest BCUT2D eigenvalue weighted by Crippen LogP contribution is 2.39. The fourth-order valence-electron chi connectivity index (χ4n) is 4.14. The molecular weight excluding hydrogens is 450 g/mol. The number of morpholine rings is 1. The monoisotopic (exact) mass is 474 g/mol. The van der Waals surface area contributed by atoms with Crippen LogP contribution in [0.4, 0.5) is 13.6 Å². The first-order chi connectivity index (χ1) is 16.2. The van der Waals surface area contributed by atoms with Crippen LogP contribution < -0.4 is 10.1 Å². The maximum absolute atomic E-state index is 15.4. The van der Waals surface area contributed by atoms with Gasteiger partial charge in [0.05, 0.1) is 48.9 Å². The first-order valence-electron chi connectivity index (χ1n) is 10.6. The fourth-order valence-corrected chi connectivity index (χ4v) is 4.14. The number of amides is 2. The summed E-state index contributed by atoms with van der Waals surface area (Å²) in [5.74, 6) is -3.13. The van der Waals surface area contributed by atoms with Crippen molar-refractivity contribution in [2.75, 3.05) is 33.9 Å². The highest BCUT2D eigenvalue weighted by Gasteiger charge is 2.31. The molecule has 0 spiro atoms. The van der Waals surface area contributed by atoms with Crippen molar-refractivity contribution in [2.45, 2.75) is 19.4 Å². The lowest BCUT2D eigenvalue weighted by Crippen LogP contribution is -2.45. The number of rotatable bonds is 5. The summed E-state index contributed by atoms with van der Waals surface area (Å²) in [6, 6.07) is 4.45. The summed E-state index contributed by atoms with van der Waals surface area (Å²) in [7, 11) is 2.50. The molecular formula is C23H24F2N4O5. The number of halogens is 2. The number of nitrogens with one attached hydrogen (secondary N) is 1. The van der Waals surface area contributed by atoms with Crippen LogP contribution in [0.3, 0.4) is 0 Å². The Morgan fingerprint density at radius 1 is 1.35 bits per heavy atom. The van der Waals surface area contributed by atoms with Crippen molar-refractivity contribution in [2.24, 2.45) is 0 Å². The third-order valence-electron chi connectivity index (χ3n) is 5.80. The average Bonchev–Trinajstić information content (AvgIpc) is 3.16. The number of carbonyl (C=O) groups excluding carboxylic acids is 1. The van der Waals surface area contributed by atoms with Gasteiger partial charge in [-0.25, -0.2) is 18.6 Å². The number of imidazole rings is 1. The van der Waals surface area contributed by atoms with E-state index >= 15 is 8.78 Å². The molecule has 9 nitrogen and oxygen atoms in total. The van der Waals surface area contributed by atoms with Crippen molar-refractivity contribution in [3.8, 4) is 17.0 Å². The zero-order chi connectivity index (χ0) is 24.6. The number of methoxy groups -OCH3 is 1. The molecule has 0 bridgehead atoms. The Labute approximate surface area is 193 Å². The molecule has 2 aromatic heterocycles. The van der Waals surface area contributed by atoms with Gasteiger partial charge in [0.15, 0.2) is 11.6 Å². The second kappa shape index (κ2) is 9.26. The summed E-state index contributed by atoms with van der Waals surface area (Å²) in [6.45, 7) is 2.47. The molecule has 11 heteroatoms. The van der Waals surface area contributed by atoms with E-state index in [1.54, 1.807) is 16.7 Å². The SMILES string of the molecule is CNC(=O)c1cc(F)c(-c2nc3cc(C)ccn3c2CC2CN(C(=O)O)CCO2)c(OC)c1F. The van der Waals surface area contributed by atoms with Gasteiger partial charge in [-0.05, 0) is 30.7 Å². The molecule has 180 valence electrons. The maximum Gasteiger partial charge on any atom is 0.407 e. The lowest BCUT2D eigenvalue weighted by molar-refractivity contribution is -0.0214. The van der Waals surface area contributed by atoms with Crippen LogP contribution in [0.15, 0.2) is 24.4 Å². The summed E-state index contributed by atoms with van der Waals surface area (Å²) in [4.78, 5) is 29.3. The predicted molar refractivity (Wildman–Crippen MR) is 118 cm³/mol. The quantitative estimate of drug-likeness (QED) is 0.589. The lowest BCUT2D eigenvalue weighted by atomic mass is 10.0. The molecule has 0 saturated carbocycles. The van der Waals surface area contributed by atoms with Crippen LogP contribution in [0, 0.1) is 18.6 Å². The summed E-state index contributed by atoms with van der Waals surface area (Å²) >= 11 is 0. The van der Waals surface area contributed by atoms with E-state index in [9.17, 15) is 14.7 Å². The standard InChI is InChI=1S/C23H24F2N4O5/c1-12-4-5-29-16(9-13-11-28(23(31)32)6-7-34-13)20(27-17(29)8-12)18-15(24)10-14(22(30)26-2)19(25)21(18)33-3/h4-5,8,10,13H,6-7,9,11H2,1-3H3,(H,26,30)(H,31,32). The van der Waals surface area contributed by atoms with Gasteiger partial charge in [0.2, 0.25) is 0 Å². The summed E-state index contributed by atoms with van der Waals surface area (Å²) in [5.41, 5.74) is 1.31. The smallest absolute Gasteiger partial charge is 0.407 e. The molecule has 1 atom stereocenters. The van der Waals surface area contributed by atoms with Crippen molar-refractivity contribution >= 4 is 17.6 Å². The van der Waals surface area contributed by atoms with Crippen LogP contribution in [-0.4, -0.2) is 71.3 Å². The Morgan fingerprint density at radius 2 is 2.12 bits per heavy atom. The van der Waals surface area contributed by atoms with Gasteiger partial charge in [-0.1, -0.05) is 0 Å². The fraction of sp³-hybridized carbons (Fsp3) is 0.348. The Morgan fingerprint density at radius 3 is 2.79 bits per heavy atom. The number of fused-ring (bicyclic) bond motifs is 1. The molecule has 34 heavy (non-hydrogen) atoms. The molecule has 3 aromatic rings. The molecule has 1 aliphatic heterocycles. The van der Waals surface area contributed by atoms with E-state index in [1.807, 2.05) is 13.0 Å². The predicted octanol–water partition coefficient (Wildman–Crippen LogP) is 2.88. The van der Waals surface area contributed by atoms with Gasteiger partial charge in [-0.3, -0.25) is 4.79 Å². The van der Waals surface area contributed by atoms with E-state index in [0.717, 1.165) is 11.6 Å². The number of pyridine rings is 1. The minimum Gasteiger partial charge on any atom is -0.493 e. The lowest BCUT2D eigenvalue weighted by Gasteiger charge is -2.31. The second-order valence-electron chi connectivity index (χ2n) is 7.97. The molecule has 1 saturated heterocycles. The number of benzene rings is 1. The van der Waals surface area contributed by atoms with Gasteiger partial charge in [0, 0.05) is 26.2 Å². The first-order valence-corrected chi connectivity index (χ1v) is 10.6. The Bertz CT molecular complexity index is 1280. The first kappa shape index (κ1) is 23.4. The summed E-state index contributed by atoms with van der Waals surface area (Å²) in [5, 5.41) is 11.6. The number of aryl methyl sites for hydroxylation is 1. The highest BCUT2D eigenvalue weighted by molar-refractivity contribution is 5.96. The van der Waals surface area contributed by atoms with E-state index in [1.165, 1.54) is 19.1 Å². The van der Waals surface area contributed by atoms with E-state index in [0.29, 0.717) is 11.3 Å². The summed E-state index contributed by atoms with van der Waals surface area (Å²) < 4.78 is 43.3. The number of hydrogen-bond acceptors (Lipinski definition) is 5. The van der Waals surface area contributed by atoms with Crippen LogP contribution in [-0.2, 0) is 11.2 Å². The van der Waals surface area contributed by atoms with Gasteiger partial charge in [0.25, 0.3) is 5.91 Å². The third-order valence-corrected chi connectivity index (χ3v) is 5.80. The number of carbonyl (C=O) groups is 2. The average molecular weight is 474 g/mol. The molecule has 2 N–H and O–H groups in total. The number of carboxylic acid groups (broad SMARTS) is 1. The number of nitrogens with zero attached hydrogens (tertiary/aromatic N) is 3. The second-order valence-corrected chi connectivity index (χ2v) is 7.97. The molecule has 1 aliphatic rings. The van der Waals surface area contributed by atoms with Crippen LogP contribution in [0.5, 0.6) is 5.75 Å². The third kappa shape index (κ3) is 4.14. The summed E-state index contributed by atoms with van der Waals surface area (Å²) in [6.07, 6.45) is 0.370. The van der Waals surface area contributed by atoms with Crippen LogP contribution in [0.2, 0.25) is 0 Å². The molecule has 0 radical (unpaired) electrons. The van der Waals surface area contributed by atoms with Crippen molar-refractivity contribution < 1.29 is 33.0 Å². The van der Waals surface area contributed by atoms with E-state index < -0.39 is 41.1 Å². The van der Waals surface area contributed by atoms with Crippen molar-refractivity contribution in [3.05, 3.63) is 52.9 Å². The van der Waals surface area contributed by atoms with E-state index in [-0.39, 0.29) is 37.4 Å². The van der Waals surface area contributed by atoms with Crippen molar-refractivity contribution in [3.63, 3.8) is 0 Å². The molecule has 1 unspecified atom stereocenters. The van der Waals surface area contributed by atoms with Gasteiger partial charge >= 0.3 is 6.09 Å². The van der Waals surface area contributed by atoms with Gasteiger partial charge in [-0.2, -0.15) is 0 Å². The zero-order valence-corrected chi connectivity index (χ0v) is 18.9. The van der Waals surface area contributed by atoms with E-state index in [4.69, 9.17) is 9.47 Å². The molecule has 3 heterocycles. The van der Waals surface area contributed by atoms with Crippen LogP contribution in [0.25, 0.3) is 16.9 Å². The number of aromatic nitrogens is 2. The van der Waals surface area contributed by atoms with Crippen LogP contribution in [0.1, 0.15) is 21.6 Å². The van der Waals surface area contributed by atoms with Crippen molar-refractivity contribution in [1.29, 1.82) is 0 Å². The largest absolute Gasteiger partial charge is 0.493 e. The highest BCUT2D eigenvalue weighted by atomic mass is 19.1. The Hall–Kier alpha value is -3.73. The van der Waals surface area contributed by atoms with Gasteiger partial charge in [-0.15, -0.1) is 0 Å². The topological polar surface area (TPSA) is 105 Å². The molecule has 2 amide bonds. The Kier molecular flexibility index (Phi) is 6.38. The minimum absolute atomic E-state index is 0.122. The molecule has 0 aliphatic carbocycles. The van der Waals surface area contributed by atoms with Crippen LogP contribution >= 0.6 is 0 Å². The Balaban J connectivity index is 1.89. The maximum atomic E-state index is 15.4. The molecule has 1 aromatic carbocycles. The molecule has 1 fully saturated rings. The van der Waals surface area contributed by atoms with Gasteiger partial charge < -0.3 is 29.2 Å². The minimum atomic E-state index is -1.05. The zero-order valence-electron chi connectivity index (χ0n) is 18.9. The number of ether oxygens (including phenoxy) is 2. The normalized spacial score (nSPS) is 16.0.